The van der Waals surface area contributed by atoms with Gasteiger partial charge in [-0.2, -0.15) is 4.98 Å². The molecule has 1 aromatic carbocycles. The molecule has 1 unspecified atom stereocenters. The summed E-state index contributed by atoms with van der Waals surface area (Å²) >= 11 is 6.09. The Hall–Kier alpha value is -1.39. The molecule has 0 radical (unpaired) electrons. The summed E-state index contributed by atoms with van der Waals surface area (Å²) in [4.78, 5) is 4.35. The highest BCUT2D eigenvalue weighted by Gasteiger charge is 2.32. The van der Waals surface area contributed by atoms with Gasteiger partial charge in [-0.1, -0.05) is 35.0 Å². The van der Waals surface area contributed by atoms with Gasteiger partial charge in [-0.3, -0.25) is 0 Å². The summed E-state index contributed by atoms with van der Waals surface area (Å²) < 4.78 is 5.22. The van der Waals surface area contributed by atoms with E-state index in [9.17, 15) is 0 Å². The molecular weight excluding hydrogens is 250 g/mol. The molecular formula is C13H14ClN3O. The van der Waals surface area contributed by atoms with Gasteiger partial charge in [-0.05, 0) is 30.4 Å². The number of halogens is 1. The summed E-state index contributed by atoms with van der Waals surface area (Å²) in [7, 11) is 0. The van der Waals surface area contributed by atoms with E-state index in [2.05, 4.69) is 10.1 Å². The predicted molar refractivity (Wildman–Crippen MR) is 68.2 cm³/mol. The average Bonchev–Trinajstić information content (AvgIpc) is 3.12. The van der Waals surface area contributed by atoms with E-state index in [1.165, 1.54) is 0 Å². The number of nitrogens with zero attached hydrogens (tertiary/aromatic N) is 2. The van der Waals surface area contributed by atoms with Crippen LogP contribution in [0.15, 0.2) is 28.8 Å². The third kappa shape index (κ3) is 2.40. The van der Waals surface area contributed by atoms with Gasteiger partial charge < -0.3 is 10.3 Å². The standard InChI is InChI=1S/C13H14ClN3O/c14-10-4-2-1-3-9(10)7-11-16-13(17-18-11)12(15)8-5-6-8/h1-4,8,12H,5-7,15H2. The molecule has 2 aromatic rings. The van der Waals surface area contributed by atoms with Gasteiger partial charge in [-0.15, -0.1) is 0 Å². The van der Waals surface area contributed by atoms with Gasteiger partial charge in [0.15, 0.2) is 5.82 Å². The van der Waals surface area contributed by atoms with Crippen LogP contribution in [0.2, 0.25) is 5.02 Å². The molecule has 1 saturated carbocycles. The molecule has 1 aromatic heterocycles. The van der Waals surface area contributed by atoms with Crippen LogP contribution < -0.4 is 5.73 Å². The van der Waals surface area contributed by atoms with Gasteiger partial charge in [0.2, 0.25) is 5.89 Å². The van der Waals surface area contributed by atoms with Crippen molar-refractivity contribution in [1.82, 2.24) is 10.1 Å². The van der Waals surface area contributed by atoms with Crippen molar-refractivity contribution in [2.24, 2.45) is 11.7 Å². The molecule has 94 valence electrons. The smallest absolute Gasteiger partial charge is 0.231 e. The fourth-order valence-electron chi connectivity index (χ4n) is 1.95. The highest BCUT2D eigenvalue weighted by molar-refractivity contribution is 6.31. The van der Waals surface area contributed by atoms with Gasteiger partial charge in [0.05, 0.1) is 12.5 Å². The summed E-state index contributed by atoms with van der Waals surface area (Å²) in [6, 6.07) is 7.55. The van der Waals surface area contributed by atoms with Gasteiger partial charge >= 0.3 is 0 Å². The van der Waals surface area contributed by atoms with Crippen molar-refractivity contribution >= 4 is 11.6 Å². The lowest BCUT2D eigenvalue weighted by molar-refractivity contribution is 0.373. The summed E-state index contributed by atoms with van der Waals surface area (Å²) in [5, 5.41) is 4.66. The number of nitrogens with two attached hydrogens (primary N) is 1. The molecule has 0 aliphatic heterocycles. The lowest BCUT2D eigenvalue weighted by atomic mass is 10.1. The van der Waals surface area contributed by atoms with Crippen LogP contribution in [0.25, 0.3) is 0 Å². The maximum atomic E-state index is 6.09. The molecule has 2 N–H and O–H groups in total. The fourth-order valence-corrected chi connectivity index (χ4v) is 2.15. The first-order chi connectivity index (χ1) is 8.74. The van der Waals surface area contributed by atoms with E-state index in [1.54, 1.807) is 0 Å². The van der Waals surface area contributed by atoms with Gasteiger partial charge in [0.25, 0.3) is 0 Å². The average molecular weight is 264 g/mol. The third-order valence-electron chi connectivity index (χ3n) is 3.21. The molecule has 18 heavy (non-hydrogen) atoms. The van der Waals surface area contributed by atoms with Crippen LogP contribution >= 0.6 is 11.6 Å². The number of rotatable bonds is 4. The number of aromatic nitrogens is 2. The third-order valence-corrected chi connectivity index (χ3v) is 3.58. The summed E-state index contributed by atoms with van der Waals surface area (Å²) in [6.45, 7) is 0. The molecule has 1 aliphatic rings. The molecule has 4 nitrogen and oxygen atoms in total. The van der Waals surface area contributed by atoms with Crippen molar-refractivity contribution in [2.75, 3.05) is 0 Å². The first-order valence-corrected chi connectivity index (χ1v) is 6.43. The van der Waals surface area contributed by atoms with Crippen LogP contribution in [0.4, 0.5) is 0 Å². The van der Waals surface area contributed by atoms with Gasteiger partial charge in [-0.25, -0.2) is 0 Å². The van der Waals surface area contributed by atoms with E-state index in [1.807, 2.05) is 24.3 Å². The lowest BCUT2D eigenvalue weighted by Crippen LogP contribution is -2.14. The second kappa shape index (κ2) is 4.71. The van der Waals surface area contributed by atoms with Crippen LogP contribution in [0.3, 0.4) is 0 Å². The second-order valence-electron chi connectivity index (χ2n) is 4.68. The SMILES string of the molecule is NC(c1noc(Cc2ccccc2Cl)n1)C1CC1. The van der Waals surface area contributed by atoms with E-state index in [-0.39, 0.29) is 6.04 Å². The molecule has 0 bridgehead atoms. The number of benzene rings is 1. The zero-order valence-corrected chi connectivity index (χ0v) is 10.6. The highest BCUT2D eigenvalue weighted by atomic mass is 35.5. The first-order valence-electron chi connectivity index (χ1n) is 6.05. The molecule has 1 heterocycles. The fraction of sp³-hybridized carbons (Fsp3) is 0.385. The summed E-state index contributed by atoms with van der Waals surface area (Å²) in [5.41, 5.74) is 7.01. The summed E-state index contributed by atoms with van der Waals surface area (Å²) in [5.74, 6) is 1.70. The van der Waals surface area contributed by atoms with Crippen molar-refractivity contribution in [3.8, 4) is 0 Å². The Morgan fingerprint density at radius 1 is 1.39 bits per heavy atom. The van der Waals surface area contributed by atoms with Gasteiger partial charge in [0.1, 0.15) is 0 Å². The lowest BCUT2D eigenvalue weighted by Gasteiger charge is -2.02. The zero-order chi connectivity index (χ0) is 12.5. The van der Waals surface area contributed by atoms with Crippen LogP contribution in [-0.4, -0.2) is 10.1 Å². The Bertz CT molecular complexity index is 551. The largest absolute Gasteiger partial charge is 0.339 e. The summed E-state index contributed by atoms with van der Waals surface area (Å²) in [6.07, 6.45) is 2.87. The maximum absolute atomic E-state index is 6.09. The molecule has 0 saturated heterocycles. The Balaban J connectivity index is 1.75. The molecule has 0 spiro atoms. The number of hydrogen-bond acceptors (Lipinski definition) is 4. The van der Waals surface area contributed by atoms with Crippen molar-refractivity contribution in [3.05, 3.63) is 46.6 Å². The highest BCUT2D eigenvalue weighted by Crippen LogP contribution is 2.38. The van der Waals surface area contributed by atoms with Crippen LogP contribution in [0.1, 0.15) is 36.2 Å². The maximum Gasteiger partial charge on any atom is 0.231 e. The second-order valence-corrected chi connectivity index (χ2v) is 5.08. The van der Waals surface area contributed by atoms with E-state index in [0.717, 1.165) is 18.4 Å². The number of hydrogen-bond donors (Lipinski definition) is 1. The minimum absolute atomic E-state index is 0.0891. The zero-order valence-electron chi connectivity index (χ0n) is 9.84. The molecule has 5 heteroatoms. The molecule has 1 aliphatic carbocycles. The molecule has 1 atom stereocenters. The quantitative estimate of drug-likeness (QED) is 0.921. The Kier molecular flexibility index (Phi) is 3.06. The molecule has 1 fully saturated rings. The van der Waals surface area contributed by atoms with Crippen molar-refractivity contribution in [2.45, 2.75) is 25.3 Å². The van der Waals surface area contributed by atoms with Crippen LogP contribution in [0, 0.1) is 5.92 Å². The van der Waals surface area contributed by atoms with E-state index >= 15 is 0 Å². The van der Waals surface area contributed by atoms with Gasteiger partial charge in [0, 0.05) is 5.02 Å². The Labute approximate surface area is 110 Å². The minimum atomic E-state index is -0.0891. The van der Waals surface area contributed by atoms with Crippen molar-refractivity contribution in [3.63, 3.8) is 0 Å². The molecule has 0 amide bonds. The van der Waals surface area contributed by atoms with Crippen molar-refractivity contribution < 1.29 is 4.52 Å². The molecule has 3 rings (SSSR count). The minimum Gasteiger partial charge on any atom is -0.339 e. The normalized spacial score (nSPS) is 16.8. The van der Waals surface area contributed by atoms with Crippen LogP contribution in [-0.2, 0) is 6.42 Å². The van der Waals surface area contributed by atoms with E-state index < -0.39 is 0 Å². The topological polar surface area (TPSA) is 64.9 Å². The van der Waals surface area contributed by atoms with E-state index in [4.69, 9.17) is 21.9 Å². The Morgan fingerprint density at radius 3 is 2.89 bits per heavy atom. The monoisotopic (exact) mass is 263 g/mol. The van der Waals surface area contributed by atoms with Crippen molar-refractivity contribution in [1.29, 1.82) is 0 Å². The van der Waals surface area contributed by atoms with E-state index in [0.29, 0.717) is 29.1 Å². The predicted octanol–water partition coefficient (Wildman–Crippen LogP) is 2.72. The first kappa shape index (κ1) is 11.7. The Morgan fingerprint density at radius 2 is 2.17 bits per heavy atom. The van der Waals surface area contributed by atoms with Crippen LogP contribution in [0.5, 0.6) is 0 Å².